The molecule has 1 aliphatic carbocycles. The number of halogens is 1. The molecule has 1 aromatic carbocycles. The van der Waals surface area contributed by atoms with Crippen LogP contribution < -0.4 is 5.32 Å². The predicted molar refractivity (Wildman–Crippen MR) is 113 cm³/mol. The number of hydrogen-bond donors (Lipinski definition) is 1. The van der Waals surface area contributed by atoms with Gasteiger partial charge in [0.2, 0.25) is 15.0 Å². The van der Waals surface area contributed by atoms with E-state index in [1.54, 1.807) is 39.9 Å². The van der Waals surface area contributed by atoms with Gasteiger partial charge < -0.3 is 14.8 Å². The fraction of sp³-hybridized carbons (Fsp3) is 0.500. The number of nitrogens with one attached hydrogen (secondary N) is 1. The van der Waals surface area contributed by atoms with E-state index in [2.05, 4.69) is 10.3 Å². The van der Waals surface area contributed by atoms with Gasteiger partial charge in [0.15, 0.2) is 0 Å². The van der Waals surface area contributed by atoms with Gasteiger partial charge in [0, 0.05) is 23.7 Å². The molecule has 158 valence electrons. The molecule has 1 N–H and O–H groups in total. The quantitative estimate of drug-likeness (QED) is 0.679. The summed E-state index contributed by atoms with van der Waals surface area (Å²) >= 11 is 5.99. The summed E-state index contributed by atoms with van der Waals surface area (Å²) in [6.45, 7) is 6.58. The first-order valence-corrected chi connectivity index (χ1v) is 11.8. The molecular weight excluding hydrogens is 412 g/mol. The van der Waals surface area contributed by atoms with Gasteiger partial charge in [-0.05, 0) is 51.3 Å². The number of sulfone groups is 1. The number of benzene rings is 1. The molecule has 3 rings (SSSR count). The second kappa shape index (κ2) is 8.75. The van der Waals surface area contributed by atoms with Crippen molar-refractivity contribution in [2.24, 2.45) is 0 Å². The third kappa shape index (κ3) is 5.11. The molecule has 9 heteroatoms. The van der Waals surface area contributed by atoms with Crippen molar-refractivity contribution in [2.75, 3.05) is 6.54 Å². The summed E-state index contributed by atoms with van der Waals surface area (Å²) in [6.07, 6.45) is 3.50. The third-order valence-electron chi connectivity index (χ3n) is 4.79. The molecule has 2 aromatic rings. The number of urea groups is 1. The lowest BCUT2D eigenvalue weighted by molar-refractivity contribution is 0.190. The first-order valence-electron chi connectivity index (χ1n) is 9.80. The van der Waals surface area contributed by atoms with Crippen LogP contribution in [0.2, 0.25) is 5.02 Å². The van der Waals surface area contributed by atoms with Gasteiger partial charge in [0.05, 0.1) is 24.2 Å². The predicted octanol–water partition coefficient (Wildman–Crippen LogP) is 3.79. The molecule has 0 aliphatic heterocycles. The Kier molecular flexibility index (Phi) is 6.53. The van der Waals surface area contributed by atoms with E-state index >= 15 is 0 Å². The van der Waals surface area contributed by atoms with Crippen molar-refractivity contribution in [3.05, 3.63) is 46.7 Å². The highest BCUT2D eigenvalue weighted by atomic mass is 35.5. The Morgan fingerprint density at radius 3 is 2.69 bits per heavy atom. The minimum absolute atomic E-state index is 0.0223. The third-order valence-corrected chi connectivity index (χ3v) is 6.60. The van der Waals surface area contributed by atoms with Crippen molar-refractivity contribution in [2.45, 2.75) is 63.2 Å². The zero-order valence-corrected chi connectivity index (χ0v) is 18.5. The summed E-state index contributed by atoms with van der Waals surface area (Å²) in [5.74, 6) is -0.181. The topological polar surface area (TPSA) is 84.3 Å². The lowest BCUT2D eigenvalue weighted by atomic mass is 10.2. The van der Waals surface area contributed by atoms with Gasteiger partial charge in [-0.15, -0.1) is 0 Å². The standard InChI is InChI=1S/C20H27ClN4O3S/c1-4-22-19(26)24(17-8-9-17)12-18-11-23-20(25(18)14(2)3)29(27,28)13-15-6-5-7-16(21)10-15/h5-7,10-11,14,17H,4,8-9,12-13H2,1-3H3,(H,22,26). The largest absolute Gasteiger partial charge is 0.338 e. The molecule has 0 unspecified atom stereocenters. The average molecular weight is 439 g/mol. The minimum atomic E-state index is -3.68. The highest BCUT2D eigenvalue weighted by molar-refractivity contribution is 7.90. The number of imidazole rings is 1. The van der Waals surface area contributed by atoms with Crippen LogP contribution in [0.5, 0.6) is 0 Å². The van der Waals surface area contributed by atoms with E-state index in [1.165, 1.54) is 0 Å². The summed E-state index contributed by atoms with van der Waals surface area (Å²) in [5, 5.41) is 3.35. The lowest BCUT2D eigenvalue weighted by Gasteiger charge is -2.24. The van der Waals surface area contributed by atoms with Crippen molar-refractivity contribution in [3.63, 3.8) is 0 Å². The molecule has 0 bridgehead atoms. The van der Waals surface area contributed by atoms with E-state index in [-0.39, 0.29) is 29.0 Å². The fourth-order valence-corrected chi connectivity index (χ4v) is 5.17. The normalized spacial score (nSPS) is 14.2. The van der Waals surface area contributed by atoms with E-state index in [4.69, 9.17) is 11.6 Å². The van der Waals surface area contributed by atoms with Crippen LogP contribution in [0.4, 0.5) is 4.79 Å². The van der Waals surface area contributed by atoms with E-state index in [9.17, 15) is 13.2 Å². The molecule has 0 spiro atoms. The summed E-state index contributed by atoms with van der Waals surface area (Å²) in [5.41, 5.74) is 1.32. The summed E-state index contributed by atoms with van der Waals surface area (Å²) in [6, 6.07) is 6.76. The number of nitrogens with zero attached hydrogens (tertiary/aromatic N) is 3. The van der Waals surface area contributed by atoms with Gasteiger partial charge in [-0.2, -0.15) is 0 Å². The Morgan fingerprint density at radius 1 is 1.38 bits per heavy atom. The van der Waals surface area contributed by atoms with Crippen LogP contribution in [0.3, 0.4) is 0 Å². The van der Waals surface area contributed by atoms with Crippen molar-refractivity contribution in [1.29, 1.82) is 0 Å². The highest BCUT2D eigenvalue weighted by Crippen LogP contribution is 2.30. The number of amides is 2. The van der Waals surface area contributed by atoms with E-state index in [1.807, 2.05) is 20.8 Å². The van der Waals surface area contributed by atoms with Crippen molar-refractivity contribution in [1.82, 2.24) is 19.8 Å². The molecule has 1 aliphatic rings. The maximum atomic E-state index is 13.1. The Hall–Kier alpha value is -2.06. The number of hydrogen-bond acceptors (Lipinski definition) is 4. The molecule has 0 atom stereocenters. The number of aromatic nitrogens is 2. The molecular formula is C20H27ClN4O3S. The zero-order chi connectivity index (χ0) is 21.2. The molecule has 1 heterocycles. The molecule has 7 nitrogen and oxygen atoms in total. The monoisotopic (exact) mass is 438 g/mol. The van der Waals surface area contributed by atoms with E-state index < -0.39 is 9.84 Å². The molecule has 1 aromatic heterocycles. The van der Waals surface area contributed by atoms with Crippen molar-refractivity contribution in [3.8, 4) is 0 Å². The van der Waals surface area contributed by atoms with Crippen LogP contribution in [0, 0.1) is 0 Å². The first-order chi connectivity index (χ1) is 13.7. The second-order valence-corrected chi connectivity index (χ2v) is 9.90. The molecule has 29 heavy (non-hydrogen) atoms. The first kappa shape index (κ1) is 21.6. The van der Waals surface area contributed by atoms with E-state index in [0.717, 1.165) is 12.8 Å². The van der Waals surface area contributed by atoms with Crippen LogP contribution in [-0.4, -0.2) is 41.5 Å². The van der Waals surface area contributed by atoms with Crippen molar-refractivity contribution < 1.29 is 13.2 Å². The summed E-state index contributed by atoms with van der Waals surface area (Å²) in [4.78, 5) is 18.5. The molecule has 1 fully saturated rings. The summed E-state index contributed by atoms with van der Waals surface area (Å²) < 4.78 is 27.9. The lowest BCUT2D eigenvalue weighted by Crippen LogP contribution is -2.41. The van der Waals surface area contributed by atoms with E-state index in [0.29, 0.717) is 29.4 Å². The molecule has 1 saturated carbocycles. The Bertz CT molecular complexity index is 983. The molecule has 0 saturated heterocycles. The van der Waals surface area contributed by atoms with Gasteiger partial charge >= 0.3 is 6.03 Å². The second-order valence-electron chi connectivity index (χ2n) is 7.58. The SMILES string of the molecule is CCNC(=O)N(Cc1cnc(S(=O)(=O)Cc2cccc(Cl)c2)n1C(C)C)C1CC1. The van der Waals surface area contributed by atoms with Gasteiger partial charge in [-0.25, -0.2) is 18.2 Å². The summed E-state index contributed by atoms with van der Waals surface area (Å²) in [7, 11) is -3.68. The Labute approximate surface area is 177 Å². The van der Waals surface area contributed by atoms with Crippen LogP contribution in [0.1, 0.15) is 50.9 Å². The smallest absolute Gasteiger partial charge is 0.317 e. The molecule has 0 radical (unpaired) electrons. The van der Waals surface area contributed by atoms with Crippen LogP contribution in [0.25, 0.3) is 0 Å². The van der Waals surface area contributed by atoms with Gasteiger partial charge in [0.1, 0.15) is 0 Å². The van der Waals surface area contributed by atoms with Gasteiger partial charge in [-0.3, -0.25) is 0 Å². The zero-order valence-electron chi connectivity index (χ0n) is 16.9. The molecule has 2 amide bonds. The fourth-order valence-electron chi connectivity index (χ4n) is 3.37. The van der Waals surface area contributed by atoms with Crippen LogP contribution >= 0.6 is 11.6 Å². The average Bonchev–Trinajstić information content (AvgIpc) is 3.37. The van der Waals surface area contributed by atoms with Crippen LogP contribution in [0.15, 0.2) is 35.6 Å². The number of carbonyl (C=O) groups excluding carboxylic acids is 1. The Morgan fingerprint density at radius 2 is 2.10 bits per heavy atom. The minimum Gasteiger partial charge on any atom is -0.338 e. The van der Waals surface area contributed by atoms with Gasteiger partial charge in [0.25, 0.3) is 0 Å². The van der Waals surface area contributed by atoms with Crippen LogP contribution in [-0.2, 0) is 22.1 Å². The maximum absolute atomic E-state index is 13.1. The number of rotatable bonds is 8. The van der Waals surface area contributed by atoms with Crippen molar-refractivity contribution >= 4 is 27.5 Å². The highest BCUT2D eigenvalue weighted by Gasteiger charge is 2.34. The maximum Gasteiger partial charge on any atom is 0.317 e. The number of carbonyl (C=O) groups is 1. The van der Waals surface area contributed by atoms with Gasteiger partial charge in [-0.1, -0.05) is 23.7 Å². The Balaban J connectivity index is 1.91.